The second kappa shape index (κ2) is 6.69. The highest BCUT2D eigenvalue weighted by molar-refractivity contribution is 5.95. The van der Waals surface area contributed by atoms with E-state index >= 15 is 0 Å². The Morgan fingerprint density at radius 2 is 2.17 bits per heavy atom. The van der Waals surface area contributed by atoms with Crippen molar-refractivity contribution in [2.24, 2.45) is 5.92 Å². The Hall–Kier alpha value is -3.22. The number of fused-ring (bicyclic) bond motifs is 1. The predicted molar refractivity (Wildman–Crippen MR) is 97.0 cm³/mol. The van der Waals surface area contributed by atoms with E-state index in [9.17, 15) is 18.0 Å². The summed E-state index contributed by atoms with van der Waals surface area (Å²) < 4.78 is 50.5. The zero-order valence-electron chi connectivity index (χ0n) is 15.7. The Kier molecular flexibility index (Phi) is 4.41. The molecule has 1 fully saturated rings. The summed E-state index contributed by atoms with van der Waals surface area (Å²) in [6.45, 7) is 0.638. The van der Waals surface area contributed by atoms with Gasteiger partial charge in [-0.2, -0.15) is 4.98 Å². The number of urea groups is 1. The molecular weight excluding hydrogens is 387 g/mol. The predicted octanol–water partition coefficient (Wildman–Crippen LogP) is 2.87. The number of amides is 2. The van der Waals surface area contributed by atoms with Gasteiger partial charge in [0.15, 0.2) is 5.54 Å². The standard InChI is InChI=1S/C19H18F3N5O2/c1-18(21,22)19(6-5-11-3-4-11)13-8-14(20)12(7-15(13)24-16(28)25-19)9-27-10-23-17(26-27)29-2/h7-8,10-11H,3-4,9H2,1-2H3,(H2,24,25,28)/t19-/m0/s1. The van der Waals surface area contributed by atoms with Gasteiger partial charge in [-0.3, -0.25) is 0 Å². The monoisotopic (exact) mass is 405 g/mol. The van der Waals surface area contributed by atoms with Crippen molar-refractivity contribution >= 4 is 11.7 Å². The molecule has 10 heteroatoms. The molecule has 7 nitrogen and oxygen atoms in total. The van der Waals surface area contributed by atoms with Gasteiger partial charge in [0, 0.05) is 29.7 Å². The fourth-order valence-electron chi connectivity index (χ4n) is 3.16. The summed E-state index contributed by atoms with van der Waals surface area (Å²) in [4.78, 5) is 16.1. The lowest BCUT2D eigenvalue weighted by Gasteiger charge is -2.40. The molecule has 2 aliphatic rings. The Balaban J connectivity index is 1.79. The van der Waals surface area contributed by atoms with Gasteiger partial charge in [-0.15, -0.1) is 5.10 Å². The summed E-state index contributed by atoms with van der Waals surface area (Å²) in [6.07, 6.45) is 3.00. The van der Waals surface area contributed by atoms with Crippen molar-refractivity contribution in [3.8, 4) is 17.9 Å². The van der Waals surface area contributed by atoms with Crippen molar-refractivity contribution in [1.82, 2.24) is 20.1 Å². The number of aromatic nitrogens is 3. The van der Waals surface area contributed by atoms with E-state index in [1.165, 1.54) is 24.2 Å². The molecule has 0 bridgehead atoms. The van der Waals surface area contributed by atoms with Crippen LogP contribution < -0.4 is 15.4 Å². The number of carbonyl (C=O) groups is 1. The van der Waals surface area contributed by atoms with Gasteiger partial charge in [-0.25, -0.2) is 22.6 Å². The average molecular weight is 405 g/mol. The highest BCUT2D eigenvalue weighted by atomic mass is 19.3. The summed E-state index contributed by atoms with van der Waals surface area (Å²) >= 11 is 0. The van der Waals surface area contributed by atoms with Gasteiger partial charge in [0.25, 0.3) is 5.92 Å². The quantitative estimate of drug-likeness (QED) is 0.767. The Morgan fingerprint density at radius 1 is 1.41 bits per heavy atom. The number of nitrogens with zero attached hydrogens (tertiary/aromatic N) is 3. The maximum atomic E-state index is 14.9. The van der Waals surface area contributed by atoms with Crippen molar-refractivity contribution in [3.63, 3.8) is 0 Å². The lowest BCUT2D eigenvalue weighted by molar-refractivity contribution is -0.0465. The van der Waals surface area contributed by atoms with E-state index in [2.05, 4.69) is 32.6 Å². The number of hydrogen-bond donors (Lipinski definition) is 2. The van der Waals surface area contributed by atoms with Gasteiger partial charge >= 0.3 is 12.0 Å². The van der Waals surface area contributed by atoms with Gasteiger partial charge in [-0.05, 0) is 25.0 Å². The summed E-state index contributed by atoms with van der Waals surface area (Å²) in [5.41, 5.74) is -2.22. The third kappa shape index (κ3) is 3.48. The Morgan fingerprint density at radius 3 is 2.79 bits per heavy atom. The maximum absolute atomic E-state index is 14.9. The first-order chi connectivity index (χ1) is 13.7. The third-order valence-electron chi connectivity index (χ3n) is 4.87. The van der Waals surface area contributed by atoms with E-state index in [1.807, 2.05) is 0 Å². The number of ether oxygens (including phenoxy) is 1. The number of alkyl halides is 2. The zero-order valence-corrected chi connectivity index (χ0v) is 15.7. The van der Waals surface area contributed by atoms with E-state index in [-0.39, 0.29) is 35.3 Å². The van der Waals surface area contributed by atoms with Crippen molar-refractivity contribution in [3.05, 3.63) is 35.4 Å². The molecule has 1 saturated carbocycles. The zero-order chi connectivity index (χ0) is 20.8. The molecule has 0 saturated heterocycles. The Labute approximate surface area is 164 Å². The molecule has 2 heterocycles. The molecule has 1 aliphatic carbocycles. The first-order valence-corrected chi connectivity index (χ1v) is 8.98. The van der Waals surface area contributed by atoms with Crippen molar-refractivity contribution in [2.45, 2.75) is 37.8 Å². The van der Waals surface area contributed by atoms with E-state index < -0.39 is 23.3 Å². The number of carbonyl (C=O) groups excluding carboxylic acids is 1. The normalized spacial score (nSPS) is 20.8. The first kappa shape index (κ1) is 19.1. The van der Waals surface area contributed by atoms with Crippen LogP contribution in [0.25, 0.3) is 0 Å². The van der Waals surface area contributed by atoms with Crippen LogP contribution >= 0.6 is 0 Å². The average Bonchev–Trinajstić information content (AvgIpc) is 3.37. The van der Waals surface area contributed by atoms with Crippen LogP contribution in [-0.4, -0.2) is 33.8 Å². The van der Waals surface area contributed by atoms with Crippen molar-refractivity contribution < 1.29 is 22.7 Å². The highest BCUT2D eigenvalue weighted by Crippen LogP contribution is 2.44. The van der Waals surface area contributed by atoms with Gasteiger partial charge in [-0.1, -0.05) is 11.8 Å². The maximum Gasteiger partial charge on any atom is 0.335 e. The van der Waals surface area contributed by atoms with E-state index in [1.54, 1.807) is 0 Å². The van der Waals surface area contributed by atoms with Crippen molar-refractivity contribution in [2.75, 3.05) is 12.4 Å². The number of nitrogens with one attached hydrogen (secondary N) is 2. The van der Waals surface area contributed by atoms with E-state index in [4.69, 9.17) is 4.74 Å². The second-order valence-electron chi connectivity index (χ2n) is 7.18. The van der Waals surface area contributed by atoms with Crippen LogP contribution in [0.5, 0.6) is 6.01 Å². The van der Waals surface area contributed by atoms with Crippen LogP contribution in [0, 0.1) is 23.6 Å². The SMILES string of the molecule is COc1ncn(Cc2cc3c(cc2F)[C@@](C#CC2CC2)(C(C)(F)F)NC(=O)N3)n1. The smallest absolute Gasteiger partial charge is 0.335 e. The second-order valence-corrected chi connectivity index (χ2v) is 7.18. The number of rotatable bonds is 4. The largest absolute Gasteiger partial charge is 0.466 e. The molecule has 1 aliphatic heterocycles. The number of anilines is 1. The summed E-state index contributed by atoms with van der Waals surface area (Å²) in [5.74, 6) is 1.19. The number of methoxy groups -OCH3 is 1. The van der Waals surface area contributed by atoms with E-state index in [0.717, 1.165) is 18.9 Å². The Bertz CT molecular complexity index is 1030. The van der Waals surface area contributed by atoms with Crippen LogP contribution in [0.2, 0.25) is 0 Å². The van der Waals surface area contributed by atoms with Crippen LogP contribution in [0.15, 0.2) is 18.5 Å². The molecule has 0 spiro atoms. The van der Waals surface area contributed by atoms with Crippen LogP contribution in [0.4, 0.5) is 23.7 Å². The minimum atomic E-state index is -3.45. The third-order valence-corrected chi connectivity index (χ3v) is 4.87. The summed E-state index contributed by atoms with van der Waals surface area (Å²) in [7, 11) is 1.40. The van der Waals surface area contributed by atoms with Gasteiger partial charge in [0.05, 0.1) is 13.7 Å². The first-order valence-electron chi connectivity index (χ1n) is 8.98. The summed E-state index contributed by atoms with van der Waals surface area (Å²) in [6, 6.07) is 1.59. The minimum absolute atomic E-state index is 0.0240. The molecule has 2 amide bonds. The molecule has 2 N–H and O–H groups in total. The van der Waals surface area contributed by atoms with Gasteiger partial charge in [0.2, 0.25) is 0 Å². The number of benzene rings is 1. The lowest BCUT2D eigenvalue weighted by atomic mass is 9.81. The number of halogens is 3. The molecule has 0 unspecified atom stereocenters. The van der Waals surface area contributed by atoms with Gasteiger partial charge in [0.1, 0.15) is 12.1 Å². The fraction of sp³-hybridized carbons (Fsp3) is 0.421. The van der Waals surface area contributed by atoms with Crippen LogP contribution in [0.1, 0.15) is 30.9 Å². The molecule has 1 aromatic carbocycles. The van der Waals surface area contributed by atoms with Crippen molar-refractivity contribution in [1.29, 1.82) is 0 Å². The molecular formula is C19H18F3N5O2. The van der Waals surface area contributed by atoms with E-state index in [0.29, 0.717) is 6.92 Å². The highest BCUT2D eigenvalue weighted by Gasteiger charge is 2.55. The molecule has 1 aromatic heterocycles. The molecule has 0 radical (unpaired) electrons. The van der Waals surface area contributed by atoms with Crippen LogP contribution in [0.3, 0.4) is 0 Å². The molecule has 1 atom stereocenters. The molecule has 2 aromatic rings. The fourth-order valence-corrected chi connectivity index (χ4v) is 3.16. The lowest BCUT2D eigenvalue weighted by Crippen LogP contribution is -2.59. The molecule has 4 rings (SSSR count). The molecule has 29 heavy (non-hydrogen) atoms. The molecule has 152 valence electrons. The van der Waals surface area contributed by atoms with Crippen LogP contribution in [-0.2, 0) is 12.1 Å². The summed E-state index contributed by atoms with van der Waals surface area (Å²) in [5, 5.41) is 8.69. The van der Waals surface area contributed by atoms with Gasteiger partial charge < -0.3 is 15.4 Å². The topological polar surface area (TPSA) is 81.1 Å². The number of hydrogen-bond acceptors (Lipinski definition) is 4. The minimum Gasteiger partial charge on any atom is -0.466 e.